The number of benzene rings is 2. The number of anilines is 3. The topological polar surface area (TPSA) is 73.1 Å². The molecule has 0 bridgehead atoms. The maximum absolute atomic E-state index is 12.4. The highest BCUT2D eigenvalue weighted by Crippen LogP contribution is 2.19. The zero-order valence-electron chi connectivity index (χ0n) is 17.1. The van der Waals surface area contributed by atoms with Crippen LogP contribution >= 0.6 is 0 Å². The third-order valence-electron chi connectivity index (χ3n) is 5.04. The van der Waals surface area contributed by atoms with Crippen LogP contribution in [0.25, 0.3) is 10.9 Å². The quantitative estimate of drug-likeness (QED) is 0.427. The summed E-state index contributed by atoms with van der Waals surface area (Å²) in [4.78, 5) is 22.0. The molecular weight excluding hydrogens is 374 g/mol. The molecule has 0 saturated heterocycles. The number of amides is 1. The van der Waals surface area contributed by atoms with E-state index < -0.39 is 0 Å². The molecule has 30 heavy (non-hydrogen) atoms. The van der Waals surface area contributed by atoms with Crippen LogP contribution in [0.5, 0.6) is 0 Å². The SMILES string of the molecule is CN(C)c1ccc(NC(=O)c2ccc(NCCc3c[nH]c4ccccc34)cn2)cc1. The fraction of sp³-hybridized carbons (Fsp3) is 0.167. The lowest BCUT2D eigenvalue weighted by Gasteiger charge is -2.13. The molecule has 2 aromatic carbocycles. The Morgan fingerprint density at radius 2 is 1.77 bits per heavy atom. The van der Waals surface area contributed by atoms with Crippen molar-refractivity contribution in [2.45, 2.75) is 6.42 Å². The van der Waals surface area contributed by atoms with E-state index in [1.54, 1.807) is 12.3 Å². The Bertz CT molecular complexity index is 1130. The van der Waals surface area contributed by atoms with Crippen molar-refractivity contribution < 1.29 is 4.79 Å². The van der Waals surface area contributed by atoms with E-state index in [4.69, 9.17) is 0 Å². The van der Waals surface area contributed by atoms with Gasteiger partial charge in [-0.1, -0.05) is 18.2 Å². The minimum absolute atomic E-state index is 0.224. The number of H-pyrrole nitrogens is 1. The fourth-order valence-corrected chi connectivity index (χ4v) is 3.35. The summed E-state index contributed by atoms with van der Waals surface area (Å²) >= 11 is 0. The van der Waals surface area contributed by atoms with E-state index in [0.717, 1.165) is 35.5 Å². The zero-order chi connectivity index (χ0) is 20.9. The molecule has 0 unspecified atom stereocenters. The molecule has 2 aromatic heterocycles. The molecule has 2 heterocycles. The summed E-state index contributed by atoms with van der Waals surface area (Å²) in [5.74, 6) is -0.224. The first-order valence-corrected chi connectivity index (χ1v) is 9.94. The molecule has 0 atom stereocenters. The van der Waals surface area contributed by atoms with Crippen LogP contribution in [-0.2, 0) is 6.42 Å². The first-order chi connectivity index (χ1) is 14.6. The molecule has 3 N–H and O–H groups in total. The van der Waals surface area contributed by atoms with Crippen LogP contribution in [0.1, 0.15) is 16.1 Å². The number of fused-ring (bicyclic) bond motifs is 1. The van der Waals surface area contributed by atoms with Gasteiger partial charge in [0.25, 0.3) is 5.91 Å². The van der Waals surface area contributed by atoms with E-state index in [1.807, 2.05) is 55.4 Å². The van der Waals surface area contributed by atoms with Crippen molar-refractivity contribution >= 4 is 33.9 Å². The second kappa shape index (κ2) is 8.69. The summed E-state index contributed by atoms with van der Waals surface area (Å²) < 4.78 is 0. The Labute approximate surface area is 176 Å². The molecule has 0 fully saturated rings. The van der Waals surface area contributed by atoms with Gasteiger partial charge in [-0.15, -0.1) is 0 Å². The number of para-hydroxylation sites is 1. The second-order valence-electron chi connectivity index (χ2n) is 7.36. The van der Waals surface area contributed by atoms with Gasteiger partial charge in [0.1, 0.15) is 5.69 Å². The van der Waals surface area contributed by atoms with Crippen LogP contribution < -0.4 is 15.5 Å². The number of aromatic amines is 1. The Kier molecular flexibility index (Phi) is 5.66. The Hall–Kier alpha value is -3.80. The van der Waals surface area contributed by atoms with Crippen LogP contribution in [0.2, 0.25) is 0 Å². The minimum atomic E-state index is -0.224. The molecule has 1 amide bonds. The molecule has 152 valence electrons. The Morgan fingerprint density at radius 1 is 1.00 bits per heavy atom. The van der Waals surface area contributed by atoms with Gasteiger partial charge in [-0.2, -0.15) is 0 Å². The number of rotatable bonds is 7. The normalized spacial score (nSPS) is 10.7. The number of nitrogens with zero attached hydrogens (tertiary/aromatic N) is 2. The average molecular weight is 399 g/mol. The third-order valence-corrected chi connectivity index (χ3v) is 5.04. The first kappa shape index (κ1) is 19.5. The molecule has 6 heteroatoms. The van der Waals surface area contributed by atoms with Gasteiger partial charge in [-0.25, -0.2) is 4.98 Å². The lowest BCUT2D eigenvalue weighted by atomic mass is 10.1. The first-order valence-electron chi connectivity index (χ1n) is 9.94. The predicted molar refractivity (Wildman–Crippen MR) is 123 cm³/mol. The average Bonchev–Trinajstić information content (AvgIpc) is 3.18. The number of hydrogen-bond acceptors (Lipinski definition) is 4. The van der Waals surface area contributed by atoms with Crippen LogP contribution in [0.15, 0.2) is 73.1 Å². The van der Waals surface area contributed by atoms with Gasteiger partial charge in [0.2, 0.25) is 0 Å². The molecule has 0 aliphatic heterocycles. The molecule has 0 aliphatic rings. The molecule has 0 spiro atoms. The summed E-state index contributed by atoms with van der Waals surface area (Å²) in [6.07, 6.45) is 4.65. The molecule has 0 saturated carbocycles. The summed E-state index contributed by atoms with van der Waals surface area (Å²) in [5.41, 5.74) is 5.53. The van der Waals surface area contributed by atoms with E-state index in [0.29, 0.717) is 5.69 Å². The van der Waals surface area contributed by atoms with E-state index in [-0.39, 0.29) is 5.91 Å². The molecule has 0 radical (unpaired) electrons. The number of carbonyl (C=O) groups is 1. The van der Waals surface area contributed by atoms with Gasteiger partial charge in [-0.05, 0) is 54.4 Å². The summed E-state index contributed by atoms with van der Waals surface area (Å²) in [7, 11) is 3.96. The molecular formula is C24H25N5O. The summed E-state index contributed by atoms with van der Waals surface area (Å²) in [6.45, 7) is 0.785. The largest absolute Gasteiger partial charge is 0.383 e. The number of hydrogen-bond donors (Lipinski definition) is 3. The molecule has 0 aliphatic carbocycles. The monoisotopic (exact) mass is 399 g/mol. The van der Waals surface area contributed by atoms with E-state index in [9.17, 15) is 4.79 Å². The van der Waals surface area contributed by atoms with Crippen molar-refractivity contribution in [3.05, 3.63) is 84.3 Å². The maximum atomic E-state index is 12.4. The van der Waals surface area contributed by atoms with Gasteiger partial charge in [0.05, 0.1) is 11.9 Å². The van der Waals surface area contributed by atoms with Crippen LogP contribution in [0.4, 0.5) is 17.1 Å². The highest BCUT2D eigenvalue weighted by molar-refractivity contribution is 6.03. The van der Waals surface area contributed by atoms with Crippen molar-refractivity contribution in [1.29, 1.82) is 0 Å². The Balaban J connectivity index is 1.31. The predicted octanol–water partition coefficient (Wildman–Crippen LogP) is 4.54. The van der Waals surface area contributed by atoms with Crippen molar-refractivity contribution in [3.63, 3.8) is 0 Å². The van der Waals surface area contributed by atoms with Crippen molar-refractivity contribution in [3.8, 4) is 0 Å². The highest BCUT2D eigenvalue weighted by Gasteiger charge is 2.08. The maximum Gasteiger partial charge on any atom is 0.274 e. The van der Waals surface area contributed by atoms with Crippen molar-refractivity contribution in [2.75, 3.05) is 36.2 Å². The van der Waals surface area contributed by atoms with Gasteiger partial charge in [0.15, 0.2) is 0 Å². The van der Waals surface area contributed by atoms with E-state index in [1.165, 1.54) is 10.9 Å². The number of pyridine rings is 1. The molecule has 6 nitrogen and oxygen atoms in total. The standard InChI is InChI=1S/C24H25N5O/c1-29(2)20-10-7-18(8-11-20)28-24(30)23-12-9-19(16-27-23)25-14-13-17-15-26-22-6-4-3-5-21(17)22/h3-12,15-16,25-26H,13-14H2,1-2H3,(H,28,30). The lowest BCUT2D eigenvalue weighted by molar-refractivity contribution is 0.102. The van der Waals surface area contributed by atoms with Gasteiger partial charge in [-0.3, -0.25) is 4.79 Å². The number of carbonyl (C=O) groups excluding carboxylic acids is 1. The summed E-state index contributed by atoms with van der Waals surface area (Å²) in [5, 5.41) is 7.50. The fourth-order valence-electron chi connectivity index (χ4n) is 3.35. The number of aromatic nitrogens is 2. The number of nitrogens with one attached hydrogen (secondary N) is 3. The van der Waals surface area contributed by atoms with Crippen LogP contribution in [-0.4, -0.2) is 36.5 Å². The van der Waals surface area contributed by atoms with Crippen molar-refractivity contribution in [1.82, 2.24) is 9.97 Å². The van der Waals surface area contributed by atoms with E-state index >= 15 is 0 Å². The smallest absolute Gasteiger partial charge is 0.274 e. The molecule has 4 rings (SSSR count). The van der Waals surface area contributed by atoms with Gasteiger partial charge >= 0.3 is 0 Å². The van der Waals surface area contributed by atoms with Crippen molar-refractivity contribution in [2.24, 2.45) is 0 Å². The van der Waals surface area contributed by atoms with Gasteiger partial charge in [0, 0.05) is 49.1 Å². The van der Waals surface area contributed by atoms with Gasteiger partial charge < -0.3 is 20.5 Å². The summed E-state index contributed by atoms with van der Waals surface area (Å²) in [6, 6.07) is 19.6. The minimum Gasteiger partial charge on any atom is -0.383 e. The van der Waals surface area contributed by atoms with Crippen LogP contribution in [0, 0.1) is 0 Å². The Morgan fingerprint density at radius 3 is 2.50 bits per heavy atom. The lowest BCUT2D eigenvalue weighted by Crippen LogP contribution is -2.14. The highest BCUT2D eigenvalue weighted by atomic mass is 16.1. The zero-order valence-corrected chi connectivity index (χ0v) is 17.1. The third kappa shape index (κ3) is 4.43. The van der Waals surface area contributed by atoms with E-state index in [2.05, 4.69) is 45.0 Å². The van der Waals surface area contributed by atoms with Crippen LogP contribution in [0.3, 0.4) is 0 Å². The second-order valence-corrected chi connectivity index (χ2v) is 7.36. The molecule has 4 aromatic rings.